The Morgan fingerprint density at radius 3 is 2.43 bits per heavy atom. The lowest BCUT2D eigenvalue weighted by Crippen LogP contribution is -2.39. The fraction of sp³-hybridized carbons (Fsp3) is 0.625. The van der Waals surface area contributed by atoms with Crippen molar-refractivity contribution in [3.63, 3.8) is 0 Å². The Morgan fingerprint density at radius 1 is 1.36 bits per heavy atom. The summed E-state index contributed by atoms with van der Waals surface area (Å²) in [5, 5.41) is 3.63. The predicted molar refractivity (Wildman–Crippen MR) is 43.5 cm³/mol. The van der Waals surface area contributed by atoms with Crippen LogP contribution in [0.15, 0.2) is 18.5 Å². The summed E-state index contributed by atoms with van der Waals surface area (Å²) in [6.45, 7) is 1.70. The molecule has 0 aromatic carbocycles. The highest BCUT2D eigenvalue weighted by Gasteiger charge is 2.48. The van der Waals surface area contributed by atoms with E-state index in [9.17, 15) is 13.2 Å². The van der Waals surface area contributed by atoms with Gasteiger partial charge in [-0.15, -0.1) is 9.94 Å². The van der Waals surface area contributed by atoms with Gasteiger partial charge >= 0.3 is 6.18 Å². The van der Waals surface area contributed by atoms with E-state index in [4.69, 9.17) is 4.84 Å². The van der Waals surface area contributed by atoms with Crippen LogP contribution in [0.25, 0.3) is 0 Å². The van der Waals surface area contributed by atoms with Crippen LogP contribution in [-0.2, 0) is 0 Å². The molecular formula is C8H11F3N2O. The van der Waals surface area contributed by atoms with Crippen LogP contribution in [0.3, 0.4) is 0 Å². The summed E-state index contributed by atoms with van der Waals surface area (Å²) in [4.78, 5) is 5.83. The fourth-order valence-electron chi connectivity index (χ4n) is 0.641. The van der Waals surface area contributed by atoms with Crippen LogP contribution in [0, 0.1) is 5.41 Å². The predicted octanol–water partition coefficient (Wildman–Crippen LogP) is 1.90. The first-order chi connectivity index (χ1) is 6.33. The molecule has 0 bridgehead atoms. The molecular weight excluding hydrogens is 197 g/mol. The van der Waals surface area contributed by atoms with E-state index in [2.05, 4.69) is 5.10 Å². The van der Waals surface area contributed by atoms with Crippen molar-refractivity contribution < 1.29 is 18.0 Å². The van der Waals surface area contributed by atoms with E-state index >= 15 is 0 Å². The molecule has 0 spiro atoms. The van der Waals surface area contributed by atoms with E-state index < -0.39 is 18.2 Å². The van der Waals surface area contributed by atoms with Gasteiger partial charge < -0.3 is 4.84 Å². The Balaban J connectivity index is 2.53. The van der Waals surface area contributed by atoms with E-state index in [0.717, 1.165) is 18.7 Å². The first-order valence-corrected chi connectivity index (χ1v) is 4.02. The molecule has 3 nitrogen and oxygen atoms in total. The molecule has 14 heavy (non-hydrogen) atoms. The monoisotopic (exact) mass is 208 g/mol. The van der Waals surface area contributed by atoms with Crippen LogP contribution in [0.4, 0.5) is 13.2 Å². The van der Waals surface area contributed by atoms with Crippen molar-refractivity contribution in [1.29, 1.82) is 0 Å². The zero-order chi connectivity index (χ0) is 10.8. The number of nitrogens with zero attached hydrogens (tertiary/aromatic N) is 2. The molecule has 0 atom stereocenters. The van der Waals surface area contributed by atoms with Crippen molar-refractivity contribution in [2.75, 3.05) is 6.61 Å². The quantitative estimate of drug-likeness (QED) is 0.758. The van der Waals surface area contributed by atoms with Gasteiger partial charge in [0, 0.05) is 0 Å². The van der Waals surface area contributed by atoms with Gasteiger partial charge in [-0.3, -0.25) is 0 Å². The molecule has 0 unspecified atom stereocenters. The van der Waals surface area contributed by atoms with Gasteiger partial charge in [0.1, 0.15) is 6.61 Å². The molecule has 6 heteroatoms. The highest BCUT2D eigenvalue weighted by molar-refractivity contribution is 4.78. The molecule has 1 rings (SSSR count). The Labute approximate surface area is 79.4 Å². The highest BCUT2D eigenvalue weighted by Crippen LogP contribution is 2.36. The standard InChI is InChI=1S/C8H11F3N2O/c1-7(2,8(9,10)11)6-14-13-5-3-4-12-13/h3-5H,6H2,1-2H3. The van der Waals surface area contributed by atoms with Gasteiger partial charge in [-0.25, -0.2) is 0 Å². The van der Waals surface area contributed by atoms with Crippen LogP contribution >= 0.6 is 0 Å². The van der Waals surface area contributed by atoms with Crippen LogP contribution in [0.2, 0.25) is 0 Å². The second-order valence-corrected chi connectivity index (χ2v) is 3.56. The smallest absolute Gasteiger partial charge is 0.396 e. The molecule has 0 radical (unpaired) electrons. The molecule has 0 saturated heterocycles. The summed E-state index contributed by atoms with van der Waals surface area (Å²) in [6.07, 6.45) is -1.41. The fourth-order valence-corrected chi connectivity index (χ4v) is 0.641. The molecule has 0 aliphatic carbocycles. The number of hydrogen-bond acceptors (Lipinski definition) is 2. The third-order valence-electron chi connectivity index (χ3n) is 1.81. The second-order valence-electron chi connectivity index (χ2n) is 3.56. The lowest BCUT2D eigenvalue weighted by atomic mass is 9.94. The molecule has 0 N–H and O–H groups in total. The number of rotatable bonds is 3. The summed E-state index contributed by atoms with van der Waals surface area (Å²) < 4.78 is 37.1. The Bertz CT molecular complexity index is 279. The van der Waals surface area contributed by atoms with Crippen molar-refractivity contribution >= 4 is 0 Å². The van der Waals surface area contributed by atoms with E-state index in [-0.39, 0.29) is 0 Å². The van der Waals surface area contributed by atoms with Gasteiger partial charge in [0.15, 0.2) is 0 Å². The molecule has 80 valence electrons. The normalized spacial score (nSPS) is 12.9. The largest absolute Gasteiger partial charge is 0.397 e. The minimum absolute atomic E-state index is 0.460. The summed E-state index contributed by atoms with van der Waals surface area (Å²) in [7, 11) is 0. The molecule has 0 saturated carbocycles. The van der Waals surface area contributed by atoms with Crippen molar-refractivity contribution in [3.05, 3.63) is 18.5 Å². The lowest BCUT2D eigenvalue weighted by Gasteiger charge is -2.26. The van der Waals surface area contributed by atoms with E-state index in [0.29, 0.717) is 0 Å². The first-order valence-electron chi connectivity index (χ1n) is 4.02. The van der Waals surface area contributed by atoms with Gasteiger partial charge in [0.05, 0.1) is 17.8 Å². The topological polar surface area (TPSA) is 27.1 Å². The minimum atomic E-state index is -4.28. The third-order valence-corrected chi connectivity index (χ3v) is 1.81. The number of alkyl halides is 3. The van der Waals surface area contributed by atoms with Crippen molar-refractivity contribution in [2.45, 2.75) is 20.0 Å². The van der Waals surface area contributed by atoms with Crippen molar-refractivity contribution in [3.8, 4) is 0 Å². The first kappa shape index (κ1) is 10.9. The average molecular weight is 208 g/mol. The summed E-state index contributed by atoms with van der Waals surface area (Å²) >= 11 is 0. The van der Waals surface area contributed by atoms with Gasteiger partial charge in [0.25, 0.3) is 0 Å². The maximum absolute atomic E-state index is 12.4. The van der Waals surface area contributed by atoms with Gasteiger partial charge in [-0.1, -0.05) is 0 Å². The van der Waals surface area contributed by atoms with Gasteiger partial charge in [-0.05, 0) is 19.9 Å². The maximum atomic E-state index is 12.4. The minimum Gasteiger partial charge on any atom is -0.396 e. The van der Waals surface area contributed by atoms with Crippen molar-refractivity contribution in [1.82, 2.24) is 9.94 Å². The van der Waals surface area contributed by atoms with Crippen LogP contribution in [-0.4, -0.2) is 22.7 Å². The Morgan fingerprint density at radius 2 is 2.00 bits per heavy atom. The zero-order valence-corrected chi connectivity index (χ0v) is 7.88. The second kappa shape index (κ2) is 3.51. The summed E-state index contributed by atoms with van der Waals surface area (Å²) in [5.74, 6) is 0. The highest BCUT2D eigenvalue weighted by atomic mass is 19.4. The molecule has 1 heterocycles. The number of hydrogen-bond donors (Lipinski definition) is 0. The summed E-state index contributed by atoms with van der Waals surface area (Å²) in [5.41, 5.74) is -1.88. The summed E-state index contributed by atoms with van der Waals surface area (Å²) in [6, 6.07) is 1.57. The molecule has 1 aromatic heterocycles. The van der Waals surface area contributed by atoms with E-state index in [1.165, 1.54) is 12.4 Å². The maximum Gasteiger partial charge on any atom is 0.397 e. The van der Waals surface area contributed by atoms with Crippen molar-refractivity contribution in [2.24, 2.45) is 5.41 Å². The number of halogens is 3. The van der Waals surface area contributed by atoms with E-state index in [1.54, 1.807) is 6.07 Å². The van der Waals surface area contributed by atoms with Crippen LogP contribution < -0.4 is 4.84 Å². The third kappa shape index (κ3) is 2.40. The Hall–Kier alpha value is -1.20. The molecule has 0 amide bonds. The van der Waals surface area contributed by atoms with Gasteiger partial charge in [0.2, 0.25) is 0 Å². The zero-order valence-electron chi connectivity index (χ0n) is 7.88. The molecule has 0 fully saturated rings. The molecule has 1 aromatic rings. The molecule has 0 aliphatic heterocycles. The van der Waals surface area contributed by atoms with Gasteiger partial charge in [-0.2, -0.15) is 13.2 Å². The van der Waals surface area contributed by atoms with E-state index in [1.807, 2.05) is 0 Å². The number of aromatic nitrogens is 2. The Kier molecular flexibility index (Phi) is 2.73. The lowest BCUT2D eigenvalue weighted by molar-refractivity contribution is -0.228. The van der Waals surface area contributed by atoms with Crippen LogP contribution in [0.5, 0.6) is 0 Å². The molecule has 0 aliphatic rings. The average Bonchev–Trinajstić information content (AvgIpc) is 2.50. The van der Waals surface area contributed by atoms with Crippen LogP contribution in [0.1, 0.15) is 13.8 Å². The SMILES string of the molecule is CC(C)(COn1cccn1)C(F)(F)F.